The lowest BCUT2D eigenvalue weighted by Gasteiger charge is -2.05. The summed E-state index contributed by atoms with van der Waals surface area (Å²) in [6.07, 6.45) is 1.67. The number of hydrogen-bond acceptors (Lipinski definition) is 5. The maximum atomic E-state index is 12.1. The highest BCUT2D eigenvalue weighted by atomic mass is 35.5. The number of allylic oxidation sites excluding steroid dienone is 2. The molecule has 8 nitrogen and oxygen atoms in total. The molecule has 2 rings (SSSR count). The predicted molar refractivity (Wildman–Crippen MR) is 88.2 cm³/mol. The smallest absolute Gasteiger partial charge is 0.329 e. The minimum Gasteiger partial charge on any atom is -0.481 e. The van der Waals surface area contributed by atoms with Crippen molar-refractivity contribution in [1.29, 1.82) is 0 Å². The van der Waals surface area contributed by atoms with Crippen LogP contribution in [0.1, 0.15) is 13.3 Å². The number of imidazole rings is 1. The second-order valence-electron chi connectivity index (χ2n) is 4.78. The molecule has 0 atom stereocenters. The number of halogens is 1. The van der Waals surface area contributed by atoms with Gasteiger partial charge in [0.25, 0.3) is 5.56 Å². The normalized spacial score (nSPS) is 12.0. The zero-order chi connectivity index (χ0) is 17.1. The summed E-state index contributed by atoms with van der Waals surface area (Å²) < 4.78 is 2.86. The first-order chi connectivity index (χ1) is 10.8. The molecule has 0 bridgehead atoms. The number of H-pyrrole nitrogens is 1. The van der Waals surface area contributed by atoms with Crippen molar-refractivity contribution in [3.05, 3.63) is 31.9 Å². The van der Waals surface area contributed by atoms with Gasteiger partial charge < -0.3 is 9.67 Å². The van der Waals surface area contributed by atoms with E-state index in [2.05, 4.69) is 9.97 Å². The second-order valence-corrected chi connectivity index (χ2v) is 6.44. The summed E-state index contributed by atoms with van der Waals surface area (Å²) >= 11 is 7.05. The van der Waals surface area contributed by atoms with Crippen LogP contribution in [-0.2, 0) is 18.4 Å². The summed E-state index contributed by atoms with van der Waals surface area (Å²) in [4.78, 5) is 41.0. The van der Waals surface area contributed by atoms with Crippen molar-refractivity contribution in [2.24, 2.45) is 7.05 Å². The Morgan fingerprint density at radius 2 is 2.17 bits per heavy atom. The number of aryl methyl sites for hydroxylation is 1. The Labute approximate surface area is 139 Å². The first-order valence-electron chi connectivity index (χ1n) is 6.67. The summed E-state index contributed by atoms with van der Waals surface area (Å²) in [5.74, 6) is -0.615. The molecule has 0 aromatic carbocycles. The van der Waals surface area contributed by atoms with Crippen LogP contribution in [0, 0.1) is 0 Å². The van der Waals surface area contributed by atoms with Gasteiger partial charge in [0.2, 0.25) is 0 Å². The lowest BCUT2D eigenvalue weighted by molar-refractivity contribution is -0.136. The fraction of sp³-hybridized carbons (Fsp3) is 0.385. The van der Waals surface area contributed by atoms with E-state index in [4.69, 9.17) is 16.7 Å². The Bertz CT molecular complexity index is 892. The minimum absolute atomic E-state index is 0.0342. The van der Waals surface area contributed by atoms with E-state index in [0.717, 1.165) is 0 Å². The van der Waals surface area contributed by atoms with Crippen LogP contribution in [0.15, 0.2) is 25.9 Å². The van der Waals surface area contributed by atoms with Crippen LogP contribution in [0.5, 0.6) is 0 Å². The van der Waals surface area contributed by atoms with Gasteiger partial charge in [-0.1, -0.05) is 29.4 Å². The number of hydrogen-bond donors (Lipinski definition) is 2. The number of carboxylic acids is 1. The molecule has 0 aliphatic heterocycles. The average Bonchev–Trinajstić information content (AvgIpc) is 2.81. The van der Waals surface area contributed by atoms with Gasteiger partial charge in [-0.25, -0.2) is 9.78 Å². The molecular weight excluding hydrogens is 344 g/mol. The molecule has 0 spiro atoms. The van der Waals surface area contributed by atoms with Crippen molar-refractivity contribution in [3.63, 3.8) is 0 Å². The second kappa shape index (κ2) is 7.05. The molecule has 2 N–H and O–H groups in total. The first kappa shape index (κ1) is 17.4. The molecule has 0 aliphatic rings. The van der Waals surface area contributed by atoms with E-state index in [1.165, 1.54) is 23.4 Å². The molecule has 23 heavy (non-hydrogen) atoms. The molecule has 0 amide bonds. The van der Waals surface area contributed by atoms with Crippen LogP contribution < -0.4 is 11.2 Å². The van der Waals surface area contributed by atoms with Crippen molar-refractivity contribution in [3.8, 4) is 0 Å². The van der Waals surface area contributed by atoms with Gasteiger partial charge in [0.15, 0.2) is 16.3 Å². The van der Waals surface area contributed by atoms with Crippen LogP contribution in [0.25, 0.3) is 11.2 Å². The number of aliphatic carboxylic acids is 1. The zero-order valence-corrected chi connectivity index (χ0v) is 14.1. The molecule has 0 fully saturated rings. The summed E-state index contributed by atoms with van der Waals surface area (Å²) in [5.41, 5.74) is -0.601. The maximum absolute atomic E-state index is 12.1. The van der Waals surface area contributed by atoms with Crippen molar-refractivity contribution in [2.75, 3.05) is 5.75 Å². The third kappa shape index (κ3) is 3.85. The lowest BCUT2D eigenvalue weighted by atomic mass is 10.4. The Morgan fingerprint density at radius 1 is 1.48 bits per heavy atom. The molecule has 0 unspecified atom stereocenters. The number of fused-ring (bicyclic) bond motifs is 1. The third-order valence-corrected chi connectivity index (χ3v) is 4.21. The van der Waals surface area contributed by atoms with Crippen molar-refractivity contribution in [2.45, 2.75) is 25.0 Å². The van der Waals surface area contributed by atoms with E-state index >= 15 is 0 Å². The number of aromatic amines is 1. The topological polar surface area (TPSA) is 110 Å². The molecule has 0 aliphatic carbocycles. The van der Waals surface area contributed by atoms with Crippen LogP contribution in [0.2, 0.25) is 0 Å². The highest BCUT2D eigenvalue weighted by Crippen LogP contribution is 2.22. The Balaban J connectivity index is 2.57. The van der Waals surface area contributed by atoms with Crippen molar-refractivity contribution >= 4 is 40.5 Å². The van der Waals surface area contributed by atoms with E-state index in [1.54, 1.807) is 17.6 Å². The van der Waals surface area contributed by atoms with Gasteiger partial charge in [0.1, 0.15) is 0 Å². The number of rotatable bonds is 6. The molecule has 0 saturated carbocycles. The van der Waals surface area contributed by atoms with Gasteiger partial charge in [0, 0.05) is 24.4 Å². The molecule has 2 heterocycles. The predicted octanol–water partition coefficient (Wildman–Crippen LogP) is 1.13. The molecular formula is C13H15ClN4O4S. The van der Waals surface area contributed by atoms with Crippen molar-refractivity contribution in [1.82, 2.24) is 19.1 Å². The van der Waals surface area contributed by atoms with E-state index in [0.29, 0.717) is 22.5 Å². The minimum atomic E-state index is -0.915. The summed E-state index contributed by atoms with van der Waals surface area (Å²) in [6.45, 7) is 2.00. The average molecular weight is 359 g/mol. The third-order valence-electron chi connectivity index (χ3n) is 3.07. The summed E-state index contributed by atoms with van der Waals surface area (Å²) in [7, 11) is 1.51. The fourth-order valence-electron chi connectivity index (χ4n) is 1.94. The monoisotopic (exact) mass is 358 g/mol. The number of aromatic nitrogens is 4. The van der Waals surface area contributed by atoms with Crippen LogP contribution in [0.3, 0.4) is 0 Å². The van der Waals surface area contributed by atoms with E-state index in [-0.39, 0.29) is 17.6 Å². The molecule has 0 saturated heterocycles. The van der Waals surface area contributed by atoms with Gasteiger partial charge in [-0.05, 0) is 6.92 Å². The van der Waals surface area contributed by atoms with Crippen LogP contribution in [-0.4, -0.2) is 35.9 Å². The van der Waals surface area contributed by atoms with Gasteiger partial charge in [0.05, 0.1) is 6.42 Å². The molecule has 0 radical (unpaired) electrons. The Morgan fingerprint density at radius 3 is 2.78 bits per heavy atom. The number of carbonyl (C=O) groups is 1. The standard InChI is InChI=1S/C13H15ClN4O4S/c1-7(14)3-5-18-9-10(17(2)12(22)16-11(9)21)15-13(18)23-6-4-8(19)20/h3H,4-6H2,1-2H3,(H,19,20)(H,16,21,22). The molecule has 10 heteroatoms. The number of thioether (sulfide) groups is 1. The Kier molecular flexibility index (Phi) is 5.32. The first-order valence-corrected chi connectivity index (χ1v) is 8.04. The molecule has 124 valence electrons. The number of carboxylic acid groups (broad SMARTS) is 1. The fourth-order valence-corrected chi connectivity index (χ4v) is 2.94. The zero-order valence-electron chi connectivity index (χ0n) is 12.5. The van der Waals surface area contributed by atoms with Gasteiger partial charge >= 0.3 is 11.7 Å². The van der Waals surface area contributed by atoms with Crippen molar-refractivity contribution < 1.29 is 9.90 Å². The SMILES string of the molecule is CC(Cl)=CCn1c(SCCC(=O)O)nc2c1c(=O)[nH]c(=O)n2C. The summed E-state index contributed by atoms with van der Waals surface area (Å²) in [6, 6.07) is 0. The van der Waals surface area contributed by atoms with Crippen LogP contribution in [0.4, 0.5) is 0 Å². The maximum Gasteiger partial charge on any atom is 0.329 e. The van der Waals surface area contributed by atoms with Gasteiger partial charge in [-0.2, -0.15) is 0 Å². The highest BCUT2D eigenvalue weighted by molar-refractivity contribution is 7.99. The van der Waals surface area contributed by atoms with Crippen LogP contribution >= 0.6 is 23.4 Å². The lowest BCUT2D eigenvalue weighted by Crippen LogP contribution is -2.29. The summed E-state index contributed by atoms with van der Waals surface area (Å²) in [5, 5.41) is 9.74. The number of nitrogens with zero attached hydrogens (tertiary/aromatic N) is 3. The molecule has 2 aromatic rings. The van der Waals surface area contributed by atoms with E-state index < -0.39 is 17.2 Å². The molecule has 2 aromatic heterocycles. The number of nitrogens with one attached hydrogen (secondary N) is 1. The van der Waals surface area contributed by atoms with Gasteiger partial charge in [-0.15, -0.1) is 0 Å². The van der Waals surface area contributed by atoms with Gasteiger partial charge in [-0.3, -0.25) is 19.1 Å². The largest absolute Gasteiger partial charge is 0.481 e. The quantitative estimate of drug-likeness (QED) is 0.749. The van der Waals surface area contributed by atoms with E-state index in [1.807, 2.05) is 0 Å². The highest BCUT2D eigenvalue weighted by Gasteiger charge is 2.17. The Hall–Kier alpha value is -2.00. The van der Waals surface area contributed by atoms with E-state index in [9.17, 15) is 14.4 Å².